The molecule has 0 bridgehead atoms. The summed E-state index contributed by atoms with van der Waals surface area (Å²) in [6, 6.07) is 11.3. The second-order valence-corrected chi connectivity index (χ2v) is 7.42. The zero-order valence-corrected chi connectivity index (χ0v) is 15.3. The maximum atomic E-state index is 13.0. The van der Waals surface area contributed by atoms with E-state index in [1.165, 1.54) is 12.0 Å². The van der Waals surface area contributed by atoms with Crippen LogP contribution in [0.4, 0.5) is 0 Å². The number of para-hydroxylation sites is 1. The lowest BCUT2D eigenvalue weighted by atomic mass is 10.1. The standard InChI is InChI=1S/C20H19NO4S/c1-24-17-6-2-4-13-12-16(20(23)25-18(13)17)19(22)21(14-7-8-14)10-9-15-5-3-11-26-15/h2-6,11-12,14H,7-10H2,1H3. The first-order valence-corrected chi connectivity index (χ1v) is 9.49. The van der Waals surface area contributed by atoms with E-state index in [4.69, 9.17) is 9.15 Å². The summed E-state index contributed by atoms with van der Waals surface area (Å²) in [7, 11) is 1.52. The normalized spacial score (nSPS) is 13.7. The minimum atomic E-state index is -0.617. The zero-order chi connectivity index (χ0) is 18.1. The van der Waals surface area contributed by atoms with Crippen LogP contribution in [0.25, 0.3) is 11.0 Å². The highest BCUT2D eigenvalue weighted by Crippen LogP contribution is 2.30. The number of ether oxygens (including phenoxy) is 1. The number of nitrogens with zero attached hydrogens (tertiary/aromatic N) is 1. The molecule has 1 amide bonds. The fourth-order valence-corrected chi connectivity index (χ4v) is 3.80. The lowest BCUT2D eigenvalue weighted by Gasteiger charge is -2.22. The van der Waals surface area contributed by atoms with Crippen LogP contribution in [0.15, 0.2) is 51.0 Å². The predicted octanol–water partition coefficient (Wildman–Crippen LogP) is 3.71. The molecule has 1 aliphatic rings. The van der Waals surface area contributed by atoms with E-state index in [-0.39, 0.29) is 17.5 Å². The van der Waals surface area contributed by atoms with Gasteiger partial charge in [-0.15, -0.1) is 11.3 Å². The maximum Gasteiger partial charge on any atom is 0.349 e. The molecular formula is C20H19NO4S. The largest absolute Gasteiger partial charge is 0.493 e. The van der Waals surface area contributed by atoms with E-state index in [1.54, 1.807) is 23.5 Å². The van der Waals surface area contributed by atoms with Crippen LogP contribution in [0, 0.1) is 0 Å². The molecule has 2 aromatic heterocycles. The number of carbonyl (C=O) groups excluding carboxylic acids is 1. The van der Waals surface area contributed by atoms with E-state index in [2.05, 4.69) is 6.07 Å². The van der Waals surface area contributed by atoms with Gasteiger partial charge in [0.1, 0.15) is 5.56 Å². The molecule has 5 nitrogen and oxygen atoms in total. The van der Waals surface area contributed by atoms with Crippen molar-refractivity contribution in [3.05, 3.63) is 62.6 Å². The minimum Gasteiger partial charge on any atom is -0.493 e. The van der Waals surface area contributed by atoms with Crippen molar-refractivity contribution in [2.75, 3.05) is 13.7 Å². The Morgan fingerprint density at radius 1 is 1.31 bits per heavy atom. The lowest BCUT2D eigenvalue weighted by Crippen LogP contribution is -2.37. The Morgan fingerprint density at radius 2 is 2.15 bits per heavy atom. The van der Waals surface area contributed by atoms with Crippen LogP contribution in [0.5, 0.6) is 5.75 Å². The predicted molar refractivity (Wildman–Crippen MR) is 101 cm³/mol. The van der Waals surface area contributed by atoms with Gasteiger partial charge in [-0.2, -0.15) is 0 Å². The summed E-state index contributed by atoms with van der Waals surface area (Å²) < 4.78 is 10.6. The third kappa shape index (κ3) is 3.24. The molecule has 26 heavy (non-hydrogen) atoms. The molecule has 1 fully saturated rings. The lowest BCUT2D eigenvalue weighted by molar-refractivity contribution is 0.0741. The van der Waals surface area contributed by atoms with Gasteiger partial charge >= 0.3 is 5.63 Å². The first-order valence-electron chi connectivity index (χ1n) is 8.61. The van der Waals surface area contributed by atoms with Gasteiger partial charge in [-0.05, 0) is 42.8 Å². The molecule has 0 N–H and O–H groups in total. The summed E-state index contributed by atoms with van der Waals surface area (Å²) in [5.74, 6) is 0.234. The van der Waals surface area contributed by atoms with Crippen molar-refractivity contribution in [3.63, 3.8) is 0 Å². The summed E-state index contributed by atoms with van der Waals surface area (Å²) in [6.07, 6.45) is 2.78. The van der Waals surface area contributed by atoms with Crippen LogP contribution in [-0.2, 0) is 6.42 Å². The topological polar surface area (TPSA) is 59.8 Å². The van der Waals surface area contributed by atoms with Crippen LogP contribution in [-0.4, -0.2) is 30.5 Å². The van der Waals surface area contributed by atoms with Crippen molar-refractivity contribution < 1.29 is 13.9 Å². The Bertz CT molecular complexity index is 989. The van der Waals surface area contributed by atoms with Crippen molar-refractivity contribution in [2.24, 2.45) is 0 Å². The Hall–Kier alpha value is -2.60. The number of fused-ring (bicyclic) bond motifs is 1. The van der Waals surface area contributed by atoms with Crippen LogP contribution < -0.4 is 10.4 Å². The van der Waals surface area contributed by atoms with Gasteiger partial charge < -0.3 is 14.1 Å². The second kappa shape index (κ2) is 6.96. The smallest absolute Gasteiger partial charge is 0.349 e. The van der Waals surface area contributed by atoms with Crippen LogP contribution in [0.3, 0.4) is 0 Å². The molecule has 0 aliphatic heterocycles. The quantitative estimate of drug-likeness (QED) is 0.622. The molecule has 1 aliphatic carbocycles. The number of carbonyl (C=O) groups is 1. The van der Waals surface area contributed by atoms with Crippen molar-refractivity contribution in [1.82, 2.24) is 4.90 Å². The number of thiophene rings is 1. The molecule has 3 aromatic rings. The van der Waals surface area contributed by atoms with Gasteiger partial charge in [0, 0.05) is 22.8 Å². The maximum absolute atomic E-state index is 13.0. The van der Waals surface area contributed by atoms with Crippen molar-refractivity contribution in [3.8, 4) is 5.75 Å². The number of rotatable bonds is 6. The molecule has 0 radical (unpaired) electrons. The summed E-state index contributed by atoms with van der Waals surface area (Å²) in [5.41, 5.74) is -0.161. The molecule has 2 heterocycles. The molecular weight excluding hydrogens is 350 g/mol. The van der Waals surface area contributed by atoms with E-state index in [9.17, 15) is 9.59 Å². The van der Waals surface area contributed by atoms with Crippen LogP contribution >= 0.6 is 11.3 Å². The Morgan fingerprint density at radius 3 is 2.85 bits per heavy atom. The van der Waals surface area contributed by atoms with E-state index < -0.39 is 5.63 Å². The highest BCUT2D eigenvalue weighted by atomic mass is 32.1. The fraction of sp³-hybridized carbons (Fsp3) is 0.300. The number of benzene rings is 1. The van der Waals surface area contributed by atoms with E-state index >= 15 is 0 Å². The molecule has 0 atom stereocenters. The third-order valence-corrected chi connectivity index (χ3v) is 5.54. The molecule has 1 saturated carbocycles. The summed E-state index contributed by atoms with van der Waals surface area (Å²) in [4.78, 5) is 28.6. The summed E-state index contributed by atoms with van der Waals surface area (Å²) in [5, 5.41) is 2.71. The van der Waals surface area contributed by atoms with Gasteiger partial charge in [-0.25, -0.2) is 4.79 Å². The van der Waals surface area contributed by atoms with Crippen molar-refractivity contribution >= 4 is 28.2 Å². The molecule has 0 saturated heterocycles. The zero-order valence-electron chi connectivity index (χ0n) is 14.4. The van der Waals surface area contributed by atoms with E-state index in [0.29, 0.717) is 23.3 Å². The molecule has 0 spiro atoms. The van der Waals surface area contributed by atoms with Crippen molar-refractivity contribution in [1.29, 1.82) is 0 Å². The Balaban J connectivity index is 1.65. The van der Waals surface area contributed by atoms with Crippen molar-refractivity contribution in [2.45, 2.75) is 25.3 Å². The Kier molecular flexibility index (Phi) is 4.51. The monoisotopic (exact) mass is 369 g/mol. The SMILES string of the molecule is COc1cccc2cc(C(=O)N(CCc3cccs3)C3CC3)c(=O)oc12. The average molecular weight is 369 g/mol. The second-order valence-electron chi connectivity index (χ2n) is 6.39. The van der Waals surface area contributed by atoms with Crippen LogP contribution in [0.2, 0.25) is 0 Å². The Labute approximate surface area is 154 Å². The van der Waals surface area contributed by atoms with E-state index in [1.807, 2.05) is 28.5 Å². The van der Waals surface area contributed by atoms with Gasteiger partial charge in [-0.3, -0.25) is 4.79 Å². The molecule has 6 heteroatoms. The van der Waals surface area contributed by atoms with Crippen LogP contribution in [0.1, 0.15) is 28.1 Å². The van der Waals surface area contributed by atoms with Gasteiger partial charge in [-0.1, -0.05) is 18.2 Å². The number of amides is 1. The fourth-order valence-electron chi connectivity index (χ4n) is 3.10. The third-order valence-electron chi connectivity index (χ3n) is 4.60. The first kappa shape index (κ1) is 16.8. The van der Waals surface area contributed by atoms with Gasteiger partial charge in [0.15, 0.2) is 11.3 Å². The summed E-state index contributed by atoms with van der Waals surface area (Å²) in [6.45, 7) is 0.611. The minimum absolute atomic E-state index is 0.0869. The van der Waals surface area contributed by atoms with Gasteiger partial charge in [0.05, 0.1) is 7.11 Å². The summed E-state index contributed by atoms with van der Waals surface area (Å²) >= 11 is 1.68. The molecule has 4 rings (SSSR count). The highest BCUT2D eigenvalue weighted by Gasteiger charge is 2.34. The molecule has 134 valence electrons. The van der Waals surface area contributed by atoms with Gasteiger partial charge in [0.25, 0.3) is 5.91 Å². The molecule has 1 aromatic carbocycles. The molecule has 0 unspecified atom stereocenters. The van der Waals surface area contributed by atoms with E-state index in [0.717, 1.165) is 19.3 Å². The van der Waals surface area contributed by atoms with Gasteiger partial charge in [0.2, 0.25) is 0 Å². The first-order chi connectivity index (χ1) is 12.7. The number of hydrogen-bond acceptors (Lipinski definition) is 5. The number of hydrogen-bond donors (Lipinski definition) is 0. The number of methoxy groups -OCH3 is 1. The average Bonchev–Trinajstić information content (AvgIpc) is 3.35. The highest BCUT2D eigenvalue weighted by molar-refractivity contribution is 7.09.